The average molecular weight is 404 g/mol. The number of hydrazine groups is 1. The first-order valence-corrected chi connectivity index (χ1v) is 9.25. The van der Waals surface area contributed by atoms with Gasteiger partial charge in [-0.3, -0.25) is 25.2 Å². The number of hydrogen-bond donors (Lipinski definition) is 2. The van der Waals surface area contributed by atoms with Gasteiger partial charge in [-0.05, 0) is 29.3 Å². The van der Waals surface area contributed by atoms with Crippen molar-refractivity contribution in [2.45, 2.75) is 19.4 Å². The van der Waals surface area contributed by atoms with E-state index >= 15 is 0 Å². The van der Waals surface area contributed by atoms with Crippen molar-refractivity contribution < 1.29 is 19.1 Å². The summed E-state index contributed by atoms with van der Waals surface area (Å²) in [5, 5.41) is 9.03. The third-order valence-corrected chi connectivity index (χ3v) is 4.56. The number of fused-ring (bicyclic) bond motifs is 1. The molecule has 1 atom stereocenters. The monoisotopic (exact) mass is 404 g/mol. The molecule has 0 aromatic heterocycles. The molecule has 1 heterocycles. The number of ether oxygens (including phenoxy) is 1. The maximum Gasteiger partial charge on any atom is 0.276 e. The molecular weight excluding hydrogens is 384 g/mol. The fraction of sp³-hybridized carbons (Fsp3) is 0.182. The summed E-state index contributed by atoms with van der Waals surface area (Å²) in [7, 11) is 0. The number of amides is 3. The number of carbonyl (C=O) groups excluding carboxylic acids is 3. The van der Waals surface area contributed by atoms with Crippen LogP contribution in [-0.4, -0.2) is 29.2 Å². The zero-order valence-electron chi connectivity index (χ0n) is 16.3. The number of hydrogen-bond acceptors (Lipinski definition) is 5. The van der Waals surface area contributed by atoms with Crippen LogP contribution in [0.5, 0.6) is 5.75 Å². The predicted molar refractivity (Wildman–Crippen MR) is 108 cm³/mol. The first kappa shape index (κ1) is 20.6. The second kappa shape index (κ2) is 9.39. The first-order valence-electron chi connectivity index (χ1n) is 9.25. The lowest BCUT2D eigenvalue weighted by molar-refractivity contribution is -0.132. The summed E-state index contributed by atoms with van der Waals surface area (Å²) in [4.78, 5) is 37.8. The summed E-state index contributed by atoms with van der Waals surface area (Å²) in [6.45, 7) is 1.06. The smallest absolute Gasteiger partial charge is 0.276 e. The lowest BCUT2D eigenvalue weighted by Gasteiger charge is -2.32. The summed E-state index contributed by atoms with van der Waals surface area (Å²) >= 11 is 0. The molecule has 0 aliphatic carbocycles. The van der Waals surface area contributed by atoms with E-state index in [1.807, 2.05) is 36.4 Å². The Morgan fingerprint density at radius 1 is 1.07 bits per heavy atom. The van der Waals surface area contributed by atoms with Crippen LogP contribution in [0.15, 0.2) is 54.7 Å². The van der Waals surface area contributed by atoms with Crippen LogP contribution in [0.25, 0.3) is 6.08 Å². The molecule has 0 unspecified atom stereocenters. The quantitative estimate of drug-likeness (QED) is 0.741. The third-order valence-electron chi connectivity index (χ3n) is 4.56. The van der Waals surface area contributed by atoms with Gasteiger partial charge in [0.05, 0.1) is 18.0 Å². The van der Waals surface area contributed by atoms with E-state index in [0.717, 1.165) is 11.1 Å². The molecule has 2 aromatic carbocycles. The van der Waals surface area contributed by atoms with E-state index in [9.17, 15) is 14.4 Å². The molecule has 0 fully saturated rings. The average Bonchev–Trinajstić information content (AvgIpc) is 2.76. The maximum atomic E-state index is 12.4. The molecule has 8 heteroatoms. The van der Waals surface area contributed by atoms with E-state index < -0.39 is 17.9 Å². The molecule has 3 amide bonds. The van der Waals surface area contributed by atoms with Crippen molar-refractivity contribution in [1.29, 1.82) is 5.26 Å². The molecule has 8 nitrogen and oxygen atoms in total. The minimum absolute atomic E-state index is 0.0284. The number of benzene rings is 2. The van der Waals surface area contributed by atoms with E-state index in [4.69, 9.17) is 10.00 Å². The van der Waals surface area contributed by atoms with Gasteiger partial charge >= 0.3 is 0 Å². The van der Waals surface area contributed by atoms with Crippen LogP contribution in [0.3, 0.4) is 0 Å². The molecule has 30 heavy (non-hydrogen) atoms. The van der Waals surface area contributed by atoms with Crippen LogP contribution in [-0.2, 0) is 14.4 Å². The number of nitrogens with zero attached hydrogens (tertiary/aromatic N) is 2. The standard InChI is InChI=1S/C22H20N4O4/c1-15(27)26-11-10-16-6-2-4-8-18(16)19(26)12-21(28)24-25-22(29)14-30-20-9-5-3-7-17(20)13-23/h2-11,19H,12,14H2,1H3,(H,24,28)(H,25,29)/t19-/m1/s1. The third kappa shape index (κ3) is 4.83. The zero-order valence-corrected chi connectivity index (χ0v) is 16.3. The predicted octanol–water partition coefficient (Wildman–Crippen LogP) is 2.05. The number of nitriles is 1. The van der Waals surface area contributed by atoms with Crippen LogP contribution in [0.4, 0.5) is 0 Å². The largest absolute Gasteiger partial charge is 0.482 e. The van der Waals surface area contributed by atoms with E-state index in [1.165, 1.54) is 11.8 Å². The van der Waals surface area contributed by atoms with E-state index in [2.05, 4.69) is 10.9 Å². The Labute approximate surface area is 173 Å². The van der Waals surface area contributed by atoms with Gasteiger partial charge in [-0.25, -0.2) is 0 Å². The zero-order chi connectivity index (χ0) is 21.5. The normalized spacial score (nSPS) is 14.3. The molecule has 3 rings (SSSR count). The summed E-state index contributed by atoms with van der Waals surface area (Å²) < 4.78 is 5.32. The van der Waals surface area contributed by atoms with Gasteiger partial charge in [0.15, 0.2) is 6.61 Å². The van der Waals surface area contributed by atoms with Crippen LogP contribution in [0.1, 0.15) is 36.1 Å². The van der Waals surface area contributed by atoms with Crippen molar-refractivity contribution in [2.24, 2.45) is 0 Å². The van der Waals surface area contributed by atoms with Gasteiger partial charge < -0.3 is 9.64 Å². The Balaban J connectivity index is 1.56. The molecule has 0 radical (unpaired) electrons. The minimum Gasteiger partial charge on any atom is -0.482 e. The van der Waals surface area contributed by atoms with Crippen LogP contribution in [0, 0.1) is 11.3 Å². The Kier molecular flexibility index (Phi) is 6.45. The highest BCUT2D eigenvalue weighted by atomic mass is 16.5. The molecule has 0 saturated carbocycles. The van der Waals surface area contributed by atoms with Gasteiger partial charge in [-0.15, -0.1) is 0 Å². The summed E-state index contributed by atoms with van der Waals surface area (Å²) in [6.07, 6.45) is 3.45. The lowest BCUT2D eigenvalue weighted by atomic mass is 9.93. The van der Waals surface area contributed by atoms with E-state index in [1.54, 1.807) is 30.5 Å². The molecule has 0 saturated heterocycles. The Bertz CT molecular complexity index is 1040. The van der Waals surface area contributed by atoms with Gasteiger partial charge in [-0.2, -0.15) is 5.26 Å². The fourth-order valence-electron chi connectivity index (χ4n) is 3.14. The van der Waals surface area contributed by atoms with Gasteiger partial charge in [0.2, 0.25) is 11.8 Å². The van der Waals surface area contributed by atoms with Crippen molar-refractivity contribution in [3.8, 4) is 11.8 Å². The second-order valence-corrected chi connectivity index (χ2v) is 6.58. The molecule has 1 aliphatic heterocycles. The van der Waals surface area contributed by atoms with E-state index in [0.29, 0.717) is 5.56 Å². The molecule has 2 N–H and O–H groups in total. The van der Waals surface area contributed by atoms with Gasteiger partial charge in [0.25, 0.3) is 5.91 Å². The molecule has 2 aromatic rings. The number of carbonyl (C=O) groups is 3. The maximum absolute atomic E-state index is 12.4. The highest BCUT2D eigenvalue weighted by Gasteiger charge is 2.28. The van der Waals surface area contributed by atoms with Crippen molar-refractivity contribution in [3.63, 3.8) is 0 Å². The SMILES string of the molecule is CC(=O)N1C=Cc2ccccc2[C@H]1CC(=O)NNC(=O)COc1ccccc1C#N. The van der Waals surface area contributed by atoms with Crippen molar-refractivity contribution >= 4 is 23.8 Å². The molecule has 152 valence electrons. The van der Waals surface area contributed by atoms with Gasteiger partial charge in [0, 0.05) is 13.1 Å². The van der Waals surface area contributed by atoms with Crippen LogP contribution in [0.2, 0.25) is 0 Å². The first-order chi connectivity index (χ1) is 14.5. The highest BCUT2D eigenvalue weighted by Crippen LogP contribution is 2.32. The molecule has 0 spiro atoms. The molecule has 1 aliphatic rings. The Hall–Kier alpha value is -4.12. The van der Waals surface area contributed by atoms with Crippen molar-refractivity contribution in [3.05, 3.63) is 71.4 Å². The van der Waals surface area contributed by atoms with Crippen molar-refractivity contribution in [2.75, 3.05) is 6.61 Å². The van der Waals surface area contributed by atoms with E-state index in [-0.39, 0.29) is 24.7 Å². The molecule has 0 bridgehead atoms. The molecular formula is C22H20N4O4. The Morgan fingerprint density at radius 3 is 2.53 bits per heavy atom. The number of para-hydroxylation sites is 1. The summed E-state index contributed by atoms with van der Waals surface area (Å²) in [5.41, 5.74) is 6.71. The Morgan fingerprint density at radius 2 is 1.77 bits per heavy atom. The highest BCUT2D eigenvalue weighted by molar-refractivity contribution is 5.84. The van der Waals surface area contributed by atoms with Gasteiger partial charge in [0.1, 0.15) is 11.8 Å². The minimum atomic E-state index is -0.580. The fourth-order valence-corrected chi connectivity index (χ4v) is 3.14. The van der Waals surface area contributed by atoms with Crippen LogP contribution >= 0.6 is 0 Å². The topological polar surface area (TPSA) is 112 Å². The lowest BCUT2D eigenvalue weighted by Crippen LogP contribution is -2.45. The second-order valence-electron chi connectivity index (χ2n) is 6.58. The van der Waals surface area contributed by atoms with Crippen molar-refractivity contribution in [1.82, 2.24) is 15.8 Å². The van der Waals surface area contributed by atoms with Gasteiger partial charge in [-0.1, -0.05) is 36.4 Å². The number of nitrogens with one attached hydrogen (secondary N) is 2. The summed E-state index contributed by atoms with van der Waals surface area (Å²) in [6, 6.07) is 15.5. The summed E-state index contributed by atoms with van der Waals surface area (Å²) in [5.74, 6) is -0.943. The van der Waals surface area contributed by atoms with Crippen LogP contribution < -0.4 is 15.6 Å². The number of rotatable bonds is 5.